The summed E-state index contributed by atoms with van der Waals surface area (Å²) in [7, 11) is 0. The maximum Gasteiger partial charge on any atom is 0.242 e. The highest BCUT2D eigenvalue weighted by Gasteiger charge is 2.20. The van der Waals surface area contributed by atoms with Crippen LogP contribution in [0, 0.1) is 5.82 Å². The van der Waals surface area contributed by atoms with Crippen molar-refractivity contribution in [2.24, 2.45) is 0 Å². The monoisotopic (exact) mass is 298 g/mol. The summed E-state index contributed by atoms with van der Waals surface area (Å²) in [5, 5.41) is 6.35. The molecule has 0 aromatic heterocycles. The van der Waals surface area contributed by atoms with Gasteiger partial charge in [0, 0.05) is 6.04 Å². The molecule has 0 radical (unpaired) electrons. The zero-order valence-electron chi connectivity index (χ0n) is 11.6. The SMILES string of the molecule is CC(Nc1ccc(F)cc1Cl)C(=O)NC1CCCCC1. The molecule has 2 rings (SSSR count). The maximum atomic E-state index is 13.0. The van der Waals surface area contributed by atoms with Gasteiger partial charge in [-0.1, -0.05) is 30.9 Å². The lowest BCUT2D eigenvalue weighted by Crippen LogP contribution is -2.44. The lowest BCUT2D eigenvalue weighted by atomic mass is 9.95. The lowest BCUT2D eigenvalue weighted by molar-refractivity contribution is -0.122. The average molecular weight is 299 g/mol. The molecule has 1 aliphatic carbocycles. The minimum absolute atomic E-state index is 0.0442. The third-order valence-corrected chi connectivity index (χ3v) is 3.96. The first-order valence-corrected chi connectivity index (χ1v) is 7.46. The van der Waals surface area contributed by atoms with Gasteiger partial charge in [0.1, 0.15) is 11.9 Å². The molecule has 3 nitrogen and oxygen atoms in total. The summed E-state index contributed by atoms with van der Waals surface area (Å²) in [6.07, 6.45) is 5.71. The molecule has 5 heteroatoms. The van der Waals surface area contributed by atoms with Gasteiger partial charge in [-0.2, -0.15) is 0 Å². The second-order valence-electron chi connectivity index (χ2n) is 5.33. The van der Waals surface area contributed by atoms with E-state index in [1.165, 1.54) is 31.4 Å². The Balaban J connectivity index is 1.89. The van der Waals surface area contributed by atoms with E-state index in [4.69, 9.17) is 11.6 Å². The van der Waals surface area contributed by atoms with E-state index >= 15 is 0 Å². The molecule has 1 fully saturated rings. The topological polar surface area (TPSA) is 41.1 Å². The van der Waals surface area contributed by atoms with E-state index in [2.05, 4.69) is 10.6 Å². The van der Waals surface area contributed by atoms with Crippen molar-refractivity contribution >= 4 is 23.2 Å². The Morgan fingerprint density at radius 2 is 2.05 bits per heavy atom. The van der Waals surface area contributed by atoms with Crippen LogP contribution >= 0.6 is 11.6 Å². The number of benzene rings is 1. The molecular weight excluding hydrogens is 279 g/mol. The van der Waals surface area contributed by atoms with Crippen LogP contribution in [0.2, 0.25) is 5.02 Å². The molecule has 2 N–H and O–H groups in total. The van der Waals surface area contributed by atoms with Crippen LogP contribution in [0.15, 0.2) is 18.2 Å². The Kier molecular flexibility index (Phi) is 5.24. The van der Waals surface area contributed by atoms with E-state index in [0.29, 0.717) is 5.69 Å². The van der Waals surface area contributed by atoms with Crippen LogP contribution in [0.25, 0.3) is 0 Å². The minimum atomic E-state index is -0.403. The Morgan fingerprint density at radius 1 is 1.35 bits per heavy atom. The summed E-state index contributed by atoms with van der Waals surface area (Å²) in [5.41, 5.74) is 0.569. The van der Waals surface area contributed by atoms with E-state index in [1.54, 1.807) is 13.0 Å². The Labute approximate surface area is 123 Å². The largest absolute Gasteiger partial charge is 0.373 e. The highest BCUT2D eigenvalue weighted by molar-refractivity contribution is 6.33. The van der Waals surface area contributed by atoms with Gasteiger partial charge < -0.3 is 10.6 Å². The molecule has 1 saturated carbocycles. The van der Waals surface area contributed by atoms with Crippen molar-refractivity contribution in [2.75, 3.05) is 5.32 Å². The number of rotatable bonds is 4. The zero-order valence-corrected chi connectivity index (χ0v) is 12.3. The van der Waals surface area contributed by atoms with E-state index in [1.807, 2.05) is 0 Å². The fourth-order valence-electron chi connectivity index (χ4n) is 2.48. The number of carbonyl (C=O) groups is 1. The van der Waals surface area contributed by atoms with Gasteiger partial charge in [0.05, 0.1) is 10.7 Å². The van der Waals surface area contributed by atoms with Gasteiger partial charge in [-0.05, 0) is 38.0 Å². The summed E-state index contributed by atoms with van der Waals surface area (Å²) < 4.78 is 13.0. The molecule has 0 saturated heterocycles. The molecule has 0 bridgehead atoms. The molecule has 1 aliphatic rings. The molecule has 0 spiro atoms. The van der Waals surface area contributed by atoms with Crippen molar-refractivity contribution in [3.05, 3.63) is 29.0 Å². The summed E-state index contributed by atoms with van der Waals surface area (Å²) >= 11 is 5.94. The highest BCUT2D eigenvalue weighted by Crippen LogP contribution is 2.23. The van der Waals surface area contributed by atoms with Gasteiger partial charge in [-0.3, -0.25) is 4.79 Å². The van der Waals surface area contributed by atoms with Gasteiger partial charge in [0.2, 0.25) is 5.91 Å². The molecule has 0 aliphatic heterocycles. The molecule has 1 aromatic rings. The highest BCUT2D eigenvalue weighted by atomic mass is 35.5. The van der Waals surface area contributed by atoms with E-state index in [0.717, 1.165) is 12.8 Å². The first-order chi connectivity index (χ1) is 9.56. The lowest BCUT2D eigenvalue weighted by Gasteiger charge is -2.25. The van der Waals surface area contributed by atoms with Crippen LogP contribution in [0.5, 0.6) is 0 Å². The van der Waals surface area contributed by atoms with E-state index in [9.17, 15) is 9.18 Å². The smallest absolute Gasteiger partial charge is 0.242 e. The first kappa shape index (κ1) is 15.1. The number of anilines is 1. The van der Waals surface area contributed by atoms with E-state index in [-0.39, 0.29) is 22.8 Å². The Bertz CT molecular complexity index is 475. The minimum Gasteiger partial charge on any atom is -0.373 e. The Hall–Kier alpha value is -1.29. The number of carbonyl (C=O) groups excluding carboxylic acids is 1. The number of nitrogens with one attached hydrogen (secondary N) is 2. The zero-order chi connectivity index (χ0) is 14.5. The van der Waals surface area contributed by atoms with Crippen LogP contribution < -0.4 is 10.6 Å². The van der Waals surface area contributed by atoms with Gasteiger partial charge >= 0.3 is 0 Å². The summed E-state index contributed by atoms with van der Waals surface area (Å²) in [6.45, 7) is 1.78. The van der Waals surface area contributed by atoms with Gasteiger partial charge in [-0.15, -0.1) is 0 Å². The van der Waals surface area contributed by atoms with Crippen molar-refractivity contribution in [1.82, 2.24) is 5.32 Å². The number of hydrogen-bond acceptors (Lipinski definition) is 2. The fourth-order valence-corrected chi connectivity index (χ4v) is 2.70. The number of amides is 1. The molecular formula is C15H20ClFN2O. The molecule has 1 amide bonds. The van der Waals surface area contributed by atoms with Crippen LogP contribution in [0.3, 0.4) is 0 Å². The predicted molar refractivity (Wildman–Crippen MR) is 79.5 cm³/mol. The average Bonchev–Trinajstić information content (AvgIpc) is 2.43. The standard InChI is InChI=1S/C15H20ClFN2O/c1-10(15(20)19-12-5-3-2-4-6-12)18-14-8-7-11(17)9-13(14)16/h7-10,12,18H,2-6H2,1H3,(H,19,20). The predicted octanol–water partition coefficient (Wildman–Crippen LogP) is 3.73. The van der Waals surface area contributed by atoms with Crippen LogP contribution in [-0.4, -0.2) is 18.0 Å². The third-order valence-electron chi connectivity index (χ3n) is 3.65. The van der Waals surface area contributed by atoms with Crippen molar-refractivity contribution in [3.8, 4) is 0 Å². The second kappa shape index (κ2) is 6.93. The Morgan fingerprint density at radius 3 is 2.70 bits per heavy atom. The normalized spacial score (nSPS) is 17.6. The van der Waals surface area contributed by atoms with Gasteiger partial charge in [0.15, 0.2) is 0 Å². The van der Waals surface area contributed by atoms with Gasteiger partial charge in [0.25, 0.3) is 0 Å². The van der Waals surface area contributed by atoms with Crippen LogP contribution in [0.1, 0.15) is 39.0 Å². The molecule has 1 atom stereocenters. The summed E-state index contributed by atoms with van der Waals surface area (Å²) in [5.74, 6) is -0.433. The molecule has 110 valence electrons. The number of halogens is 2. The number of hydrogen-bond donors (Lipinski definition) is 2. The van der Waals surface area contributed by atoms with Gasteiger partial charge in [-0.25, -0.2) is 4.39 Å². The van der Waals surface area contributed by atoms with Crippen LogP contribution in [0.4, 0.5) is 10.1 Å². The molecule has 1 unspecified atom stereocenters. The quantitative estimate of drug-likeness (QED) is 0.889. The molecule has 1 aromatic carbocycles. The fraction of sp³-hybridized carbons (Fsp3) is 0.533. The van der Waals surface area contributed by atoms with Crippen molar-refractivity contribution in [3.63, 3.8) is 0 Å². The van der Waals surface area contributed by atoms with Crippen molar-refractivity contribution in [2.45, 2.75) is 51.1 Å². The summed E-state index contributed by atoms with van der Waals surface area (Å²) in [6, 6.07) is 3.97. The van der Waals surface area contributed by atoms with Crippen molar-refractivity contribution < 1.29 is 9.18 Å². The third kappa shape index (κ3) is 4.10. The first-order valence-electron chi connectivity index (χ1n) is 7.08. The molecule has 0 heterocycles. The second-order valence-corrected chi connectivity index (χ2v) is 5.74. The van der Waals surface area contributed by atoms with E-state index < -0.39 is 6.04 Å². The summed E-state index contributed by atoms with van der Waals surface area (Å²) in [4.78, 5) is 12.1. The molecule has 20 heavy (non-hydrogen) atoms. The van der Waals surface area contributed by atoms with Crippen molar-refractivity contribution in [1.29, 1.82) is 0 Å². The van der Waals surface area contributed by atoms with Crippen LogP contribution in [-0.2, 0) is 4.79 Å². The maximum absolute atomic E-state index is 13.0.